The minimum Gasteiger partial charge on any atom is -0.452 e. The van der Waals surface area contributed by atoms with Gasteiger partial charge in [0, 0.05) is 6.04 Å². The molecule has 0 atom stereocenters. The fraction of sp³-hybridized carbons (Fsp3) is 0.217. The number of benzene rings is 2. The van der Waals surface area contributed by atoms with Crippen molar-refractivity contribution >= 4 is 35.1 Å². The number of rotatable bonds is 7. The van der Waals surface area contributed by atoms with Crippen molar-refractivity contribution in [3.63, 3.8) is 0 Å². The number of carbonyl (C=O) groups is 3. The minimum atomic E-state index is -0.841. The predicted octanol–water partition coefficient (Wildman–Crippen LogP) is 3.91. The summed E-state index contributed by atoms with van der Waals surface area (Å²) >= 11 is 6.30. The quantitative estimate of drug-likeness (QED) is 0.508. The lowest BCUT2D eigenvalue weighted by atomic mass is 10.1. The number of nitrogens with zero attached hydrogens (tertiary/aromatic N) is 2. The highest BCUT2D eigenvalue weighted by Crippen LogP contribution is 2.24. The number of ether oxygens (including phenoxy) is 1. The van der Waals surface area contributed by atoms with E-state index in [-0.39, 0.29) is 39.6 Å². The molecule has 0 unspecified atom stereocenters. The van der Waals surface area contributed by atoms with Gasteiger partial charge in [-0.15, -0.1) is 0 Å². The Morgan fingerprint density at radius 1 is 1.12 bits per heavy atom. The molecule has 2 N–H and O–H groups in total. The first-order chi connectivity index (χ1) is 15.7. The smallest absolute Gasteiger partial charge is 0.343 e. The Labute approximate surface area is 194 Å². The highest BCUT2D eigenvalue weighted by atomic mass is 35.5. The molecule has 1 heterocycles. The number of aryl methyl sites for hydroxylation is 1. The molecule has 0 aliphatic heterocycles. The van der Waals surface area contributed by atoms with Crippen molar-refractivity contribution in [2.24, 2.45) is 0 Å². The Kier molecular flexibility index (Phi) is 7.44. The van der Waals surface area contributed by atoms with Crippen LogP contribution in [0.1, 0.15) is 40.3 Å². The van der Waals surface area contributed by atoms with E-state index in [1.807, 2.05) is 13.8 Å². The lowest BCUT2D eigenvalue weighted by Gasteiger charge is -2.13. The number of esters is 1. The molecule has 0 fully saturated rings. The fourth-order valence-electron chi connectivity index (χ4n) is 3.00. The number of hydrogen-bond acceptors (Lipinski definition) is 5. The summed E-state index contributed by atoms with van der Waals surface area (Å²) in [7, 11) is 0. The number of halogens is 2. The molecule has 3 rings (SSSR count). The van der Waals surface area contributed by atoms with Crippen LogP contribution in [0.25, 0.3) is 5.69 Å². The molecular weight excluding hydrogens is 451 g/mol. The van der Waals surface area contributed by atoms with Crippen LogP contribution in [0, 0.1) is 12.7 Å². The SMILES string of the molecule is Cc1nn(-c2ccc(F)cc2)c(Cl)c1C(=O)OCC(=O)Nc1ccccc1C(=O)NC(C)C. The fourth-order valence-corrected chi connectivity index (χ4v) is 3.35. The van der Waals surface area contributed by atoms with Gasteiger partial charge in [-0.3, -0.25) is 9.59 Å². The number of amides is 2. The first kappa shape index (κ1) is 23.9. The third-order valence-corrected chi connectivity index (χ3v) is 4.83. The van der Waals surface area contributed by atoms with Gasteiger partial charge in [0.25, 0.3) is 11.8 Å². The van der Waals surface area contributed by atoms with Gasteiger partial charge in [0.15, 0.2) is 6.61 Å². The maximum atomic E-state index is 13.2. The van der Waals surface area contributed by atoms with E-state index in [2.05, 4.69) is 15.7 Å². The molecule has 33 heavy (non-hydrogen) atoms. The lowest BCUT2D eigenvalue weighted by molar-refractivity contribution is -0.119. The van der Waals surface area contributed by atoms with Crippen molar-refractivity contribution in [1.82, 2.24) is 15.1 Å². The summed E-state index contributed by atoms with van der Waals surface area (Å²) < 4.78 is 19.6. The van der Waals surface area contributed by atoms with Crippen molar-refractivity contribution in [2.75, 3.05) is 11.9 Å². The van der Waals surface area contributed by atoms with Crippen LogP contribution in [0.4, 0.5) is 10.1 Å². The van der Waals surface area contributed by atoms with Crippen LogP contribution in [0.2, 0.25) is 5.15 Å². The highest BCUT2D eigenvalue weighted by molar-refractivity contribution is 6.33. The van der Waals surface area contributed by atoms with Gasteiger partial charge < -0.3 is 15.4 Å². The van der Waals surface area contributed by atoms with E-state index in [4.69, 9.17) is 16.3 Å². The number of hydrogen-bond donors (Lipinski definition) is 2. The molecule has 0 saturated carbocycles. The maximum Gasteiger partial charge on any atom is 0.343 e. The van der Waals surface area contributed by atoms with E-state index in [0.717, 1.165) is 0 Å². The zero-order chi connectivity index (χ0) is 24.1. The third-order valence-electron chi connectivity index (χ3n) is 4.48. The molecule has 2 amide bonds. The second-order valence-corrected chi connectivity index (χ2v) is 7.80. The summed E-state index contributed by atoms with van der Waals surface area (Å²) in [6.45, 7) is 4.61. The maximum absolute atomic E-state index is 13.2. The monoisotopic (exact) mass is 472 g/mol. The summed E-state index contributed by atoms with van der Waals surface area (Å²) in [5, 5.41) is 9.50. The second-order valence-electron chi connectivity index (χ2n) is 7.44. The largest absolute Gasteiger partial charge is 0.452 e. The van der Waals surface area contributed by atoms with Crippen molar-refractivity contribution < 1.29 is 23.5 Å². The van der Waals surface area contributed by atoms with Crippen LogP contribution < -0.4 is 10.6 Å². The molecule has 0 saturated heterocycles. The number of para-hydroxylation sites is 1. The van der Waals surface area contributed by atoms with Gasteiger partial charge in [0.05, 0.1) is 22.6 Å². The van der Waals surface area contributed by atoms with Gasteiger partial charge in [-0.05, 0) is 57.2 Å². The molecule has 1 aromatic heterocycles. The standard InChI is InChI=1S/C23H22ClFN4O4/c1-13(2)26-22(31)17-6-4-5-7-18(17)27-19(30)12-33-23(32)20-14(3)28-29(21(20)24)16-10-8-15(25)9-11-16/h4-11,13H,12H2,1-3H3,(H,26,31)(H,27,30). The van der Waals surface area contributed by atoms with Crippen LogP contribution >= 0.6 is 11.6 Å². The van der Waals surface area contributed by atoms with Crippen LogP contribution in [-0.4, -0.2) is 40.2 Å². The summed E-state index contributed by atoms with van der Waals surface area (Å²) in [5.41, 5.74) is 1.30. The van der Waals surface area contributed by atoms with Crippen molar-refractivity contribution in [2.45, 2.75) is 26.8 Å². The Morgan fingerprint density at radius 3 is 2.45 bits per heavy atom. The average molecular weight is 473 g/mol. The summed E-state index contributed by atoms with van der Waals surface area (Å²) in [5.74, 6) is -2.24. The summed E-state index contributed by atoms with van der Waals surface area (Å²) in [4.78, 5) is 37.3. The molecule has 10 heteroatoms. The van der Waals surface area contributed by atoms with Gasteiger partial charge in [-0.1, -0.05) is 23.7 Å². The third kappa shape index (κ3) is 5.75. The second kappa shape index (κ2) is 10.3. The molecule has 0 aliphatic rings. The molecule has 0 spiro atoms. The Morgan fingerprint density at radius 2 is 1.79 bits per heavy atom. The Hall–Kier alpha value is -3.72. The van der Waals surface area contributed by atoms with E-state index in [0.29, 0.717) is 5.69 Å². The van der Waals surface area contributed by atoms with Crippen LogP contribution in [0.5, 0.6) is 0 Å². The normalized spacial score (nSPS) is 10.7. The first-order valence-electron chi connectivity index (χ1n) is 10.0. The van der Waals surface area contributed by atoms with Crippen molar-refractivity contribution in [1.29, 1.82) is 0 Å². The van der Waals surface area contributed by atoms with E-state index < -0.39 is 24.3 Å². The summed E-state index contributed by atoms with van der Waals surface area (Å²) in [6.07, 6.45) is 0. The van der Waals surface area contributed by atoms with Crippen LogP contribution in [-0.2, 0) is 9.53 Å². The van der Waals surface area contributed by atoms with E-state index >= 15 is 0 Å². The molecule has 0 aliphatic carbocycles. The van der Waals surface area contributed by atoms with Crippen LogP contribution in [0.3, 0.4) is 0 Å². The molecule has 172 valence electrons. The lowest BCUT2D eigenvalue weighted by Crippen LogP contribution is -2.31. The van der Waals surface area contributed by atoms with Crippen molar-refractivity contribution in [3.05, 3.63) is 76.3 Å². The minimum absolute atomic E-state index is 0.00879. The topological polar surface area (TPSA) is 102 Å². The number of nitrogens with one attached hydrogen (secondary N) is 2. The van der Waals surface area contributed by atoms with Gasteiger partial charge in [-0.2, -0.15) is 5.10 Å². The average Bonchev–Trinajstić information content (AvgIpc) is 3.06. The summed E-state index contributed by atoms with van der Waals surface area (Å²) in [6, 6.07) is 11.8. The zero-order valence-corrected chi connectivity index (χ0v) is 18.9. The molecular formula is C23H22ClFN4O4. The molecule has 0 bridgehead atoms. The highest BCUT2D eigenvalue weighted by Gasteiger charge is 2.23. The molecule has 0 radical (unpaired) electrons. The van der Waals surface area contributed by atoms with E-state index in [9.17, 15) is 18.8 Å². The Bertz CT molecular complexity index is 1190. The molecule has 8 nitrogen and oxygen atoms in total. The van der Waals surface area contributed by atoms with Crippen molar-refractivity contribution in [3.8, 4) is 5.69 Å². The Balaban J connectivity index is 1.68. The van der Waals surface area contributed by atoms with E-state index in [1.54, 1.807) is 31.2 Å². The van der Waals surface area contributed by atoms with Gasteiger partial charge in [-0.25, -0.2) is 13.9 Å². The van der Waals surface area contributed by atoms with Crippen LogP contribution in [0.15, 0.2) is 48.5 Å². The van der Waals surface area contributed by atoms with Gasteiger partial charge in [0.1, 0.15) is 16.5 Å². The van der Waals surface area contributed by atoms with E-state index in [1.165, 1.54) is 28.9 Å². The number of anilines is 1. The first-order valence-corrected chi connectivity index (χ1v) is 10.4. The number of aromatic nitrogens is 2. The number of carbonyl (C=O) groups excluding carboxylic acids is 3. The zero-order valence-electron chi connectivity index (χ0n) is 18.2. The molecule has 2 aromatic carbocycles. The van der Waals surface area contributed by atoms with Gasteiger partial charge in [0.2, 0.25) is 0 Å². The molecule has 3 aromatic rings. The van der Waals surface area contributed by atoms with Gasteiger partial charge >= 0.3 is 5.97 Å². The predicted molar refractivity (Wildman–Crippen MR) is 121 cm³/mol.